The molecule has 0 radical (unpaired) electrons. The molecule has 0 aliphatic carbocycles. The lowest BCUT2D eigenvalue weighted by Gasteiger charge is -2.41. The Morgan fingerprint density at radius 1 is 1.32 bits per heavy atom. The van der Waals surface area contributed by atoms with Crippen LogP contribution in [-0.2, 0) is 11.3 Å². The third kappa shape index (κ3) is 3.36. The number of aromatic nitrogens is 1. The molecular formula is C17H21N3OS. The number of hydrogen-bond donors (Lipinski definition) is 0. The second kappa shape index (κ2) is 6.58. The standard InChI is InChI=1S/C17H21N3OS/c1-13-18-16(12-22-13)10-19-8-9-20(14(2)21)17(11-19)15-6-4-3-5-7-15/h3-7,12,17H,8-11H2,1-2H3/t17-/m0/s1. The van der Waals surface area contributed by atoms with Gasteiger partial charge in [-0.1, -0.05) is 30.3 Å². The first kappa shape index (κ1) is 15.2. The molecule has 1 atom stereocenters. The number of nitrogens with zero attached hydrogens (tertiary/aromatic N) is 3. The van der Waals surface area contributed by atoms with Crippen molar-refractivity contribution in [3.05, 3.63) is 52.0 Å². The normalized spacial score (nSPS) is 19.4. The molecule has 1 aliphatic heterocycles. The number of piperazine rings is 1. The minimum Gasteiger partial charge on any atom is -0.333 e. The van der Waals surface area contributed by atoms with Gasteiger partial charge in [-0.3, -0.25) is 9.69 Å². The van der Waals surface area contributed by atoms with Crippen LogP contribution in [0.2, 0.25) is 0 Å². The SMILES string of the molecule is CC(=O)N1CCN(Cc2csc(C)n2)C[C@H]1c1ccccc1. The lowest BCUT2D eigenvalue weighted by atomic mass is 10.0. The molecule has 0 unspecified atom stereocenters. The van der Waals surface area contributed by atoms with Crippen LogP contribution in [0.3, 0.4) is 0 Å². The van der Waals surface area contributed by atoms with E-state index in [1.54, 1.807) is 18.3 Å². The van der Waals surface area contributed by atoms with Crippen molar-refractivity contribution >= 4 is 17.2 Å². The molecule has 1 saturated heterocycles. The first-order chi connectivity index (χ1) is 10.6. The van der Waals surface area contributed by atoms with Gasteiger partial charge >= 0.3 is 0 Å². The van der Waals surface area contributed by atoms with Crippen LogP contribution in [0.5, 0.6) is 0 Å². The molecule has 1 aromatic carbocycles. The van der Waals surface area contributed by atoms with Crippen LogP contribution in [-0.4, -0.2) is 40.3 Å². The summed E-state index contributed by atoms with van der Waals surface area (Å²) in [6.07, 6.45) is 0. The Kier molecular flexibility index (Phi) is 4.55. The fraction of sp³-hybridized carbons (Fsp3) is 0.412. The van der Waals surface area contributed by atoms with E-state index in [4.69, 9.17) is 0 Å². The maximum absolute atomic E-state index is 11.9. The Hall–Kier alpha value is -1.72. The van der Waals surface area contributed by atoms with Crippen molar-refractivity contribution in [3.8, 4) is 0 Å². The Labute approximate surface area is 135 Å². The van der Waals surface area contributed by atoms with Gasteiger partial charge in [-0.05, 0) is 12.5 Å². The molecule has 4 nitrogen and oxygen atoms in total. The number of carbonyl (C=O) groups is 1. The molecule has 1 fully saturated rings. The smallest absolute Gasteiger partial charge is 0.220 e. The van der Waals surface area contributed by atoms with Gasteiger partial charge in [-0.2, -0.15) is 0 Å². The quantitative estimate of drug-likeness (QED) is 0.874. The van der Waals surface area contributed by atoms with Crippen molar-refractivity contribution in [2.75, 3.05) is 19.6 Å². The van der Waals surface area contributed by atoms with Crippen molar-refractivity contribution in [2.45, 2.75) is 26.4 Å². The monoisotopic (exact) mass is 315 g/mol. The average molecular weight is 315 g/mol. The number of benzene rings is 1. The van der Waals surface area contributed by atoms with E-state index in [1.807, 2.05) is 30.0 Å². The van der Waals surface area contributed by atoms with E-state index < -0.39 is 0 Å². The summed E-state index contributed by atoms with van der Waals surface area (Å²) in [6, 6.07) is 10.4. The van der Waals surface area contributed by atoms with Crippen LogP contribution in [0.15, 0.2) is 35.7 Å². The molecule has 1 amide bonds. The lowest BCUT2D eigenvalue weighted by molar-refractivity contribution is -0.134. The predicted octanol–water partition coefficient (Wildman–Crippen LogP) is 2.86. The van der Waals surface area contributed by atoms with Gasteiger partial charge in [0.1, 0.15) is 0 Å². The van der Waals surface area contributed by atoms with E-state index in [2.05, 4.69) is 27.4 Å². The first-order valence-electron chi connectivity index (χ1n) is 7.59. The molecule has 116 valence electrons. The fourth-order valence-corrected chi connectivity index (χ4v) is 3.63. The van der Waals surface area contributed by atoms with Crippen LogP contribution in [0.25, 0.3) is 0 Å². The van der Waals surface area contributed by atoms with Crippen LogP contribution >= 0.6 is 11.3 Å². The molecule has 22 heavy (non-hydrogen) atoms. The van der Waals surface area contributed by atoms with E-state index in [-0.39, 0.29) is 11.9 Å². The summed E-state index contributed by atoms with van der Waals surface area (Å²) in [5, 5.41) is 3.24. The maximum Gasteiger partial charge on any atom is 0.220 e. The first-order valence-corrected chi connectivity index (χ1v) is 8.47. The number of amides is 1. The highest BCUT2D eigenvalue weighted by atomic mass is 32.1. The Bertz CT molecular complexity index is 640. The lowest BCUT2D eigenvalue weighted by Crippen LogP contribution is -2.49. The highest BCUT2D eigenvalue weighted by molar-refractivity contribution is 7.09. The molecular weight excluding hydrogens is 294 g/mol. The summed E-state index contributed by atoms with van der Waals surface area (Å²) in [5.41, 5.74) is 2.34. The zero-order valence-corrected chi connectivity index (χ0v) is 13.8. The third-order valence-electron chi connectivity index (χ3n) is 4.11. The summed E-state index contributed by atoms with van der Waals surface area (Å²) in [5.74, 6) is 0.151. The predicted molar refractivity (Wildman–Crippen MR) is 88.7 cm³/mol. The number of carbonyl (C=O) groups excluding carboxylic acids is 1. The largest absolute Gasteiger partial charge is 0.333 e. The summed E-state index contributed by atoms with van der Waals surface area (Å²) < 4.78 is 0. The Balaban J connectivity index is 1.76. The van der Waals surface area contributed by atoms with Crippen molar-refractivity contribution in [3.63, 3.8) is 0 Å². The maximum atomic E-state index is 11.9. The van der Waals surface area contributed by atoms with E-state index in [9.17, 15) is 4.79 Å². The second-order valence-corrected chi connectivity index (χ2v) is 6.79. The molecule has 5 heteroatoms. The van der Waals surface area contributed by atoms with Crippen LogP contribution < -0.4 is 0 Å². The minimum absolute atomic E-state index is 0.132. The zero-order chi connectivity index (χ0) is 15.5. The topological polar surface area (TPSA) is 36.4 Å². The summed E-state index contributed by atoms with van der Waals surface area (Å²) in [4.78, 5) is 20.9. The van der Waals surface area contributed by atoms with E-state index in [0.717, 1.165) is 36.9 Å². The van der Waals surface area contributed by atoms with Crippen molar-refractivity contribution in [2.24, 2.45) is 0 Å². The molecule has 0 saturated carbocycles. The Morgan fingerprint density at radius 2 is 2.09 bits per heavy atom. The van der Waals surface area contributed by atoms with E-state index in [0.29, 0.717) is 0 Å². The van der Waals surface area contributed by atoms with Gasteiger partial charge in [0.05, 0.1) is 16.7 Å². The third-order valence-corrected chi connectivity index (χ3v) is 4.93. The van der Waals surface area contributed by atoms with E-state index in [1.165, 1.54) is 5.56 Å². The molecule has 2 aromatic rings. The molecule has 0 bridgehead atoms. The number of rotatable bonds is 3. The molecule has 2 heterocycles. The number of thiazole rings is 1. The fourth-order valence-electron chi connectivity index (χ4n) is 3.03. The number of aryl methyl sites for hydroxylation is 1. The van der Waals surface area contributed by atoms with E-state index >= 15 is 0 Å². The molecule has 0 spiro atoms. The van der Waals surface area contributed by atoms with Crippen molar-refractivity contribution in [1.82, 2.24) is 14.8 Å². The van der Waals surface area contributed by atoms with Gasteiger partial charge in [0.15, 0.2) is 0 Å². The molecule has 1 aromatic heterocycles. The highest BCUT2D eigenvalue weighted by Gasteiger charge is 2.29. The van der Waals surface area contributed by atoms with Crippen LogP contribution in [0, 0.1) is 6.92 Å². The second-order valence-electron chi connectivity index (χ2n) is 5.73. The molecule has 0 N–H and O–H groups in total. The number of hydrogen-bond acceptors (Lipinski definition) is 4. The minimum atomic E-state index is 0.132. The highest BCUT2D eigenvalue weighted by Crippen LogP contribution is 2.26. The zero-order valence-electron chi connectivity index (χ0n) is 13.0. The molecule has 3 rings (SSSR count). The van der Waals surface area contributed by atoms with Gasteiger partial charge in [0, 0.05) is 38.5 Å². The van der Waals surface area contributed by atoms with Gasteiger partial charge in [0.25, 0.3) is 0 Å². The molecule has 1 aliphatic rings. The van der Waals surface area contributed by atoms with Crippen molar-refractivity contribution in [1.29, 1.82) is 0 Å². The summed E-state index contributed by atoms with van der Waals surface area (Å²) >= 11 is 1.69. The van der Waals surface area contributed by atoms with Gasteiger partial charge in [-0.25, -0.2) is 4.98 Å². The van der Waals surface area contributed by atoms with Crippen LogP contribution in [0.1, 0.15) is 29.2 Å². The van der Waals surface area contributed by atoms with Gasteiger partial charge in [-0.15, -0.1) is 11.3 Å². The van der Waals surface area contributed by atoms with Crippen molar-refractivity contribution < 1.29 is 4.79 Å². The summed E-state index contributed by atoms with van der Waals surface area (Å²) in [6.45, 7) is 7.10. The average Bonchev–Trinajstić information content (AvgIpc) is 2.93. The van der Waals surface area contributed by atoms with Gasteiger partial charge in [0.2, 0.25) is 5.91 Å². The van der Waals surface area contributed by atoms with Gasteiger partial charge < -0.3 is 4.90 Å². The summed E-state index contributed by atoms with van der Waals surface area (Å²) in [7, 11) is 0. The Morgan fingerprint density at radius 3 is 2.73 bits per heavy atom. The van der Waals surface area contributed by atoms with Crippen LogP contribution in [0.4, 0.5) is 0 Å².